The van der Waals surface area contributed by atoms with Crippen LogP contribution in [0, 0.1) is 24.1 Å². The maximum absolute atomic E-state index is 14.9. The number of carbonyl (C=O) groups is 2. The second-order valence-electron chi connectivity index (χ2n) is 12.9. The monoisotopic (exact) mass is 553 g/mol. The number of allylic oxidation sites excluding steroid dienone is 1. The number of nitrogens with zero attached hydrogens (tertiary/aromatic N) is 1. The van der Waals surface area contributed by atoms with Crippen molar-refractivity contribution in [2.75, 3.05) is 6.61 Å². The average molecular weight is 554 g/mol. The Morgan fingerprint density at radius 2 is 1.67 bits per heavy atom. The normalized spacial score (nSPS) is 14.9. The summed E-state index contributed by atoms with van der Waals surface area (Å²) in [6.07, 6.45) is 1.56. The first kappa shape index (κ1) is 34.8. The minimum atomic E-state index is -1.95. The van der Waals surface area contributed by atoms with E-state index >= 15 is 0 Å². The van der Waals surface area contributed by atoms with Gasteiger partial charge in [-0.25, -0.2) is 13.8 Å². The lowest BCUT2D eigenvalue weighted by atomic mass is 9.86. The topological polar surface area (TPSA) is 74.7 Å². The van der Waals surface area contributed by atoms with Crippen molar-refractivity contribution >= 4 is 17.8 Å². The molecular formula is C31H49F2NO5. The van der Waals surface area contributed by atoms with Gasteiger partial charge < -0.3 is 14.2 Å². The molecule has 2 unspecified atom stereocenters. The van der Waals surface area contributed by atoms with Crippen LogP contribution < -0.4 is 0 Å². The molecular weight excluding hydrogens is 504 g/mol. The third kappa shape index (κ3) is 12.7. The Morgan fingerprint density at radius 3 is 2.15 bits per heavy atom. The zero-order valence-corrected chi connectivity index (χ0v) is 26.0. The molecule has 1 rings (SSSR count). The summed E-state index contributed by atoms with van der Waals surface area (Å²) in [5.41, 5.74) is 1.24. The number of halogens is 2. The van der Waals surface area contributed by atoms with Crippen molar-refractivity contribution in [2.45, 2.75) is 126 Å². The molecule has 39 heavy (non-hydrogen) atoms. The number of pyridine rings is 1. The van der Waals surface area contributed by atoms with Crippen molar-refractivity contribution in [1.29, 1.82) is 0 Å². The standard InChI is InChI=1S/C31H49F2NO5/c1-19(2)38-26(23(18-37-31(11,12)33)28(36)39-30(8,9)10)15-13-14-25(35)27-24(32)17-22(21(4)34-27)16-20(3)29(5,6)7/h16-17,19,23,26H,13-15,18H2,1-12H3/b20-16+. The van der Waals surface area contributed by atoms with Crippen LogP contribution in [0.1, 0.15) is 117 Å². The first-order valence-electron chi connectivity index (χ1n) is 13.7. The maximum atomic E-state index is 14.9. The molecule has 222 valence electrons. The van der Waals surface area contributed by atoms with Gasteiger partial charge in [0.25, 0.3) is 0 Å². The molecule has 1 aromatic heterocycles. The highest BCUT2D eigenvalue weighted by Gasteiger charge is 2.35. The SMILES string of the molecule is C/C(=C\c1cc(F)c(C(=O)CCCC(OC(C)C)C(COC(C)(C)F)C(=O)OC(C)(C)C)nc1C)C(C)(C)C. The predicted molar refractivity (Wildman–Crippen MR) is 151 cm³/mol. The van der Waals surface area contributed by atoms with Crippen LogP contribution in [0.2, 0.25) is 0 Å². The molecule has 0 spiro atoms. The van der Waals surface area contributed by atoms with Crippen molar-refractivity contribution in [3.05, 3.63) is 34.4 Å². The summed E-state index contributed by atoms with van der Waals surface area (Å²) in [7, 11) is 0. The molecule has 2 atom stereocenters. The largest absolute Gasteiger partial charge is 0.460 e. The molecule has 0 saturated carbocycles. The number of hydrogen-bond acceptors (Lipinski definition) is 6. The molecule has 0 amide bonds. The first-order chi connectivity index (χ1) is 17.6. The number of rotatable bonds is 13. The van der Waals surface area contributed by atoms with Gasteiger partial charge >= 0.3 is 5.97 Å². The van der Waals surface area contributed by atoms with E-state index in [1.165, 1.54) is 19.9 Å². The zero-order valence-electron chi connectivity index (χ0n) is 26.0. The third-order valence-electron chi connectivity index (χ3n) is 6.13. The highest BCUT2D eigenvalue weighted by atomic mass is 19.2. The van der Waals surface area contributed by atoms with E-state index in [1.54, 1.807) is 27.7 Å². The van der Waals surface area contributed by atoms with E-state index < -0.39 is 41.0 Å². The van der Waals surface area contributed by atoms with Gasteiger partial charge in [0.2, 0.25) is 5.85 Å². The Bertz CT molecular complexity index is 1010. The Balaban J connectivity index is 3.09. The van der Waals surface area contributed by atoms with E-state index in [2.05, 4.69) is 25.8 Å². The van der Waals surface area contributed by atoms with Crippen LogP contribution in [0.5, 0.6) is 0 Å². The van der Waals surface area contributed by atoms with Crippen LogP contribution in [-0.4, -0.2) is 47.0 Å². The molecule has 8 heteroatoms. The number of ketones is 1. The number of ether oxygens (including phenoxy) is 3. The fourth-order valence-corrected chi connectivity index (χ4v) is 3.67. The second kappa shape index (κ2) is 13.9. The lowest BCUT2D eigenvalue weighted by Crippen LogP contribution is -2.41. The summed E-state index contributed by atoms with van der Waals surface area (Å²) in [5.74, 6) is -4.53. The molecule has 1 heterocycles. The van der Waals surface area contributed by atoms with E-state index in [9.17, 15) is 18.4 Å². The van der Waals surface area contributed by atoms with Crippen molar-refractivity contribution in [2.24, 2.45) is 11.3 Å². The van der Waals surface area contributed by atoms with Crippen LogP contribution in [0.4, 0.5) is 8.78 Å². The van der Waals surface area contributed by atoms with Gasteiger partial charge in [0.15, 0.2) is 11.6 Å². The summed E-state index contributed by atoms with van der Waals surface area (Å²) < 4.78 is 46.0. The number of aryl methyl sites for hydroxylation is 1. The zero-order chi connectivity index (χ0) is 30.3. The van der Waals surface area contributed by atoms with Crippen molar-refractivity contribution in [3.63, 3.8) is 0 Å². The quantitative estimate of drug-likeness (QED) is 0.183. The van der Waals surface area contributed by atoms with Crippen molar-refractivity contribution < 1.29 is 32.6 Å². The lowest BCUT2D eigenvalue weighted by Gasteiger charge is -2.31. The minimum absolute atomic E-state index is 0.00796. The number of carbonyl (C=O) groups excluding carboxylic acids is 2. The number of hydrogen-bond donors (Lipinski definition) is 0. The van der Waals surface area contributed by atoms with Gasteiger partial charge in [-0.2, -0.15) is 0 Å². The van der Waals surface area contributed by atoms with Gasteiger partial charge in [-0.05, 0) is 92.2 Å². The molecule has 0 N–H and O–H groups in total. The fraction of sp³-hybridized carbons (Fsp3) is 0.710. The maximum Gasteiger partial charge on any atom is 0.314 e. The first-order valence-corrected chi connectivity index (χ1v) is 13.7. The van der Waals surface area contributed by atoms with Crippen molar-refractivity contribution in [3.8, 4) is 0 Å². The number of esters is 1. The molecule has 0 aliphatic carbocycles. The molecule has 1 aromatic rings. The van der Waals surface area contributed by atoms with Gasteiger partial charge in [-0.1, -0.05) is 32.4 Å². The number of aromatic nitrogens is 1. The minimum Gasteiger partial charge on any atom is -0.460 e. The van der Waals surface area contributed by atoms with Crippen LogP contribution in [0.15, 0.2) is 11.6 Å². The molecule has 0 aliphatic rings. The van der Waals surface area contributed by atoms with Crippen molar-refractivity contribution in [1.82, 2.24) is 4.98 Å². The van der Waals surface area contributed by atoms with Crippen LogP contribution >= 0.6 is 0 Å². The Hall–Kier alpha value is -2.19. The lowest BCUT2D eigenvalue weighted by molar-refractivity contribution is -0.183. The van der Waals surface area contributed by atoms with Crippen LogP contribution in [0.25, 0.3) is 6.08 Å². The Kier molecular flexibility index (Phi) is 12.4. The van der Waals surface area contributed by atoms with E-state index in [0.29, 0.717) is 17.7 Å². The summed E-state index contributed by atoms with van der Waals surface area (Å²) in [6, 6.07) is 1.35. The van der Waals surface area contributed by atoms with Crippen LogP contribution in [-0.2, 0) is 19.0 Å². The Labute approximate surface area is 233 Å². The van der Waals surface area contributed by atoms with E-state index in [-0.39, 0.29) is 36.7 Å². The molecule has 0 fully saturated rings. The summed E-state index contributed by atoms with van der Waals surface area (Å²) in [5, 5.41) is 0. The van der Waals surface area contributed by atoms with Gasteiger partial charge in [-0.15, -0.1) is 0 Å². The molecule has 6 nitrogen and oxygen atoms in total. The number of alkyl halides is 1. The van der Waals surface area contributed by atoms with Gasteiger partial charge in [-0.3, -0.25) is 9.59 Å². The Morgan fingerprint density at radius 1 is 1.08 bits per heavy atom. The smallest absolute Gasteiger partial charge is 0.314 e. The molecule has 0 saturated heterocycles. The third-order valence-corrected chi connectivity index (χ3v) is 6.13. The molecule has 0 bridgehead atoms. The van der Waals surface area contributed by atoms with Gasteiger partial charge in [0, 0.05) is 12.1 Å². The number of Topliss-reactive ketones (excluding diaryl/α,β-unsaturated/α-hetero) is 1. The van der Waals surface area contributed by atoms with Gasteiger partial charge in [0.05, 0.1) is 18.8 Å². The fourth-order valence-electron chi connectivity index (χ4n) is 3.67. The van der Waals surface area contributed by atoms with E-state index in [4.69, 9.17) is 14.2 Å². The highest BCUT2D eigenvalue weighted by molar-refractivity contribution is 5.94. The van der Waals surface area contributed by atoms with E-state index in [1.807, 2.05) is 26.8 Å². The summed E-state index contributed by atoms with van der Waals surface area (Å²) >= 11 is 0. The molecule has 0 aromatic carbocycles. The van der Waals surface area contributed by atoms with E-state index in [0.717, 1.165) is 5.57 Å². The summed E-state index contributed by atoms with van der Waals surface area (Å²) in [6.45, 7) is 21.1. The summed E-state index contributed by atoms with van der Waals surface area (Å²) in [4.78, 5) is 30.2. The average Bonchev–Trinajstić information content (AvgIpc) is 2.72. The molecule has 0 radical (unpaired) electrons. The predicted octanol–water partition coefficient (Wildman–Crippen LogP) is 7.81. The second-order valence-corrected chi connectivity index (χ2v) is 12.9. The highest BCUT2D eigenvalue weighted by Crippen LogP contribution is 2.28. The van der Waals surface area contributed by atoms with Crippen LogP contribution in [0.3, 0.4) is 0 Å². The van der Waals surface area contributed by atoms with Gasteiger partial charge in [0.1, 0.15) is 17.2 Å². The molecule has 0 aliphatic heterocycles.